The minimum absolute atomic E-state index is 0.313. The van der Waals surface area contributed by atoms with Crippen molar-refractivity contribution in [1.82, 2.24) is 5.32 Å². The van der Waals surface area contributed by atoms with Gasteiger partial charge >= 0.3 is 5.97 Å². The van der Waals surface area contributed by atoms with E-state index in [1.165, 1.54) is 25.5 Å². The summed E-state index contributed by atoms with van der Waals surface area (Å²) in [5.74, 6) is -1.53. The predicted octanol–water partition coefficient (Wildman–Crippen LogP) is 0.483. The van der Waals surface area contributed by atoms with Crippen LogP contribution in [0.15, 0.2) is 23.0 Å². The molecule has 0 fully saturated rings. The predicted molar refractivity (Wildman–Crippen MR) is 43.3 cm³/mol. The van der Waals surface area contributed by atoms with E-state index in [0.717, 1.165) is 0 Å². The maximum Gasteiger partial charge on any atom is 0.325 e. The van der Waals surface area contributed by atoms with Gasteiger partial charge in [-0.2, -0.15) is 0 Å². The highest BCUT2D eigenvalue weighted by atomic mass is 16.4. The van der Waals surface area contributed by atoms with Crippen LogP contribution in [0.3, 0.4) is 0 Å². The lowest BCUT2D eigenvalue weighted by Gasteiger charge is -2.06. The molecule has 0 aliphatic carbocycles. The van der Waals surface area contributed by atoms with Gasteiger partial charge in [0.2, 0.25) is 0 Å². The van der Waals surface area contributed by atoms with E-state index in [4.69, 9.17) is 5.11 Å². The molecule has 0 radical (unpaired) electrons. The van der Waals surface area contributed by atoms with Crippen molar-refractivity contribution < 1.29 is 19.1 Å². The van der Waals surface area contributed by atoms with Crippen LogP contribution in [0.25, 0.3) is 0 Å². The third-order valence-electron chi connectivity index (χ3n) is 1.50. The summed E-state index contributed by atoms with van der Waals surface area (Å²) in [4.78, 5) is 21.6. The summed E-state index contributed by atoms with van der Waals surface area (Å²) in [6, 6.07) is 0.562. The third kappa shape index (κ3) is 2.33. The van der Waals surface area contributed by atoms with E-state index in [0.29, 0.717) is 5.56 Å². The monoisotopic (exact) mass is 183 g/mol. The zero-order valence-corrected chi connectivity index (χ0v) is 6.98. The zero-order chi connectivity index (χ0) is 9.84. The molecule has 5 nitrogen and oxygen atoms in total. The van der Waals surface area contributed by atoms with Gasteiger partial charge in [0.25, 0.3) is 5.91 Å². The molecule has 0 unspecified atom stereocenters. The van der Waals surface area contributed by atoms with E-state index in [9.17, 15) is 9.59 Å². The molecule has 1 heterocycles. The Morgan fingerprint density at radius 2 is 2.31 bits per heavy atom. The minimum Gasteiger partial charge on any atom is -0.480 e. The molecule has 0 bridgehead atoms. The van der Waals surface area contributed by atoms with E-state index < -0.39 is 17.9 Å². The Balaban J connectivity index is 2.56. The van der Waals surface area contributed by atoms with Gasteiger partial charge in [-0.05, 0) is 13.0 Å². The first-order valence-corrected chi connectivity index (χ1v) is 3.67. The van der Waals surface area contributed by atoms with E-state index >= 15 is 0 Å². The van der Waals surface area contributed by atoms with Crippen LogP contribution >= 0.6 is 0 Å². The number of rotatable bonds is 3. The molecule has 5 heteroatoms. The SMILES string of the molecule is C[C@H](NC(=O)c1ccoc1)C(=O)O. The molecule has 0 spiro atoms. The van der Waals surface area contributed by atoms with Crippen molar-refractivity contribution in [2.75, 3.05) is 0 Å². The number of carboxylic acids is 1. The summed E-state index contributed by atoms with van der Waals surface area (Å²) in [5.41, 5.74) is 0.313. The number of hydrogen-bond donors (Lipinski definition) is 2. The van der Waals surface area contributed by atoms with E-state index in [2.05, 4.69) is 9.73 Å². The van der Waals surface area contributed by atoms with Crippen LogP contribution in [0.4, 0.5) is 0 Å². The van der Waals surface area contributed by atoms with Gasteiger partial charge < -0.3 is 14.8 Å². The number of aliphatic carboxylic acids is 1. The zero-order valence-electron chi connectivity index (χ0n) is 6.98. The Kier molecular flexibility index (Phi) is 2.69. The first-order chi connectivity index (χ1) is 6.11. The lowest BCUT2D eigenvalue weighted by molar-refractivity contribution is -0.138. The molecule has 1 aromatic heterocycles. The highest BCUT2D eigenvalue weighted by Gasteiger charge is 2.15. The summed E-state index contributed by atoms with van der Waals surface area (Å²) in [6.07, 6.45) is 2.60. The fourth-order valence-corrected chi connectivity index (χ4v) is 0.735. The van der Waals surface area contributed by atoms with Gasteiger partial charge in [0.05, 0.1) is 11.8 Å². The first kappa shape index (κ1) is 9.31. The largest absolute Gasteiger partial charge is 0.480 e. The quantitative estimate of drug-likeness (QED) is 0.714. The van der Waals surface area contributed by atoms with E-state index in [-0.39, 0.29) is 0 Å². The molecule has 1 atom stereocenters. The summed E-state index contributed by atoms with van der Waals surface area (Å²) in [6.45, 7) is 1.39. The molecule has 1 rings (SSSR count). The first-order valence-electron chi connectivity index (χ1n) is 3.67. The van der Waals surface area contributed by atoms with Crippen LogP contribution < -0.4 is 5.32 Å². The molecule has 0 aromatic carbocycles. The highest BCUT2D eigenvalue weighted by Crippen LogP contribution is 1.99. The van der Waals surface area contributed by atoms with Gasteiger partial charge in [-0.3, -0.25) is 9.59 Å². The van der Waals surface area contributed by atoms with Gasteiger partial charge in [-0.1, -0.05) is 0 Å². The molecule has 0 aliphatic heterocycles. The number of hydrogen-bond acceptors (Lipinski definition) is 3. The molecule has 1 amide bonds. The lowest BCUT2D eigenvalue weighted by Crippen LogP contribution is -2.38. The maximum atomic E-state index is 11.2. The van der Waals surface area contributed by atoms with Crippen molar-refractivity contribution in [3.8, 4) is 0 Å². The van der Waals surface area contributed by atoms with Crippen molar-refractivity contribution in [3.63, 3.8) is 0 Å². The number of amides is 1. The molecule has 13 heavy (non-hydrogen) atoms. The Hall–Kier alpha value is -1.78. The molecule has 1 aromatic rings. The number of carbonyl (C=O) groups excluding carboxylic acids is 1. The number of nitrogens with one attached hydrogen (secondary N) is 1. The van der Waals surface area contributed by atoms with Crippen LogP contribution in [0.1, 0.15) is 17.3 Å². The molecular formula is C8H9NO4. The van der Waals surface area contributed by atoms with Crippen molar-refractivity contribution in [2.24, 2.45) is 0 Å². The molecule has 0 saturated heterocycles. The van der Waals surface area contributed by atoms with Crippen molar-refractivity contribution in [3.05, 3.63) is 24.2 Å². The van der Waals surface area contributed by atoms with Crippen LogP contribution in [-0.4, -0.2) is 23.0 Å². The summed E-state index contributed by atoms with van der Waals surface area (Å²) in [7, 11) is 0. The van der Waals surface area contributed by atoms with Gasteiger partial charge in [0.1, 0.15) is 12.3 Å². The van der Waals surface area contributed by atoms with Crippen LogP contribution in [-0.2, 0) is 4.79 Å². The number of carbonyl (C=O) groups is 2. The molecule has 0 aliphatic rings. The summed E-state index contributed by atoms with van der Waals surface area (Å²) in [5, 5.41) is 10.8. The second-order valence-corrected chi connectivity index (χ2v) is 2.55. The van der Waals surface area contributed by atoms with Crippen molar-refractivity contribution in [1.29, 1.82) is 0 Å². The minimum atomic E-state index is -1.07. The lowest BCUT2D eigenvalue weighted by atomic mass is 10.3. The summed E-state index contributed by atoms with van der Waals surface area (Å²) < 4.78 is 4.67. The number of carboxylic acid groups (broad SMARTS) is 1. The fraction of sp³-hybridized carbons (Fsp3) is 0.250. The van der Waals surface area contributed by atoms with Crippen molar-refractivity contribution >= 4 is 11.9 Å². The fourth-order valence-electron chi connectivity index (χ4n) is 0.735. The molecule has 2 N–H and O–H groups in total. The van der Waals surface area contributed by atoms with E-state index in [1.807, 2.05) is 0 Å². The van der Waals surface area contributed by atoms with E-state index in [1.54, 1.807) is 0 Å². The third-order valence-corrected chi connectivity index (χ3v) is 1.50. The average Bonchev–Trinajstić information content (AvgIpc) is 2.55. The molecular weight excluding hydrogens is 174 g/mol. The second kappa shape index (κ2) is 3.75. The van der Waals surface area contributed by atoms with Crippen LogP contribution in [0.5, 0.6) is 0 Å². The number of furan rings is 1. The van der Waals surface area contributed by atoms with Crippen LogP contribution in [0, 0.1) is 0 Å². The smallest absolute Gasteiger partial charge is 0.325 e. The Labute approximate surface area is 74.4 Å². The Morgan fingerprint density at radius 3 is 2.77 bits per heavy atom. The van der Waals surface area contributed by atoms with Gasteiger partial charge in [-0.15, -0.1) is 0 Å². The standard InChI is InChI=1S/C8H9NO4/c1-5(8(11)12)9-7(10)6-2-3-13-4-6/h2-5H,1H3,(H,9,10)(H,11,12)/t5-/m0/s1. The maximum absolute atomic E-state index is 11.2. The van der Waals surface area contributed by atoms with Gasteiger partial charge in [0.15, 0.2) is 0 Å². The van der Waals surface area contributed by atoms with Gasteiger partial charge in [-0.25, -0.2) is 0 Å². The second-order valence-electron chi connectivity index (χ2n) is 2.55. The Morgan fingerprint density at radius 1 is 1.62 bits per heavy atom. The topological polar surface area (TPSA) is 79.5 Å². The summed E-state index contributed by atoms with van der Waals surface area (Å²) >= 11 is 0. The average molecular weight is 183 g/mol. The molecule has 70 valence electrons. The molecule has 0 saturated carbocycles. The van der Waals surface area contributed by atoms with Crippen molar-refractivity contribution in [2.45, 2.75) is 13.0 Å². The highest BCUT2D eigenvalue weighted by molar-refractivity contribution is 5.96. The van der Waals surface area contributed by atoms with Gasteiger partial charge in [0, 0.05) is 0 Å². The Bertz CT molecular complexity index is 304. The van der Waals surface area contributed by atoms with Crippen LogP contribution in [0.2, 0.25) is 0 Å². The normalized spacial score (nSPS) is 12.1.